The summed E-state index contributed by atoms with van der Waals surface area (Å²) in [5, 5.41) is 3.26. The summed E-state index contributed by atoms with van der Waals surface area (Å²) in [5.74, 6) is 2.15. The van der Waals surface area contributed by atoms with Crippen molar-refractivity contribution in [2.45, 2.75) is 44.9 Å². The van der Waals surface area contributed by atoms with E-state index in [0.29, 0.717) is 30.9 Å². The van der Waals surface area contributed by atoms with Crippen LogP contribution in [0, 0.1) is 23.2 Å². The number of rotatable bonds is 5. The molecule has 4 fully saturated rings. The zero-order valence-electron chi connectivity index (χ0n) is 17.1. The molecule has 5 rings (SSSR count). The lowest BCUT2D eigenvalue weighted by Gasteiger charge is -2.34. The highest BCUT2D eigenvalue weighted by atomic mass is 16.2. The summed E-state index contributed by atoms with van der Waals surface area (Å²) in [7, 11) is 0. The molecule has 3 heterocycles. The van der Waals surface area contributed by atoms with Crippen LogP contribution in [0.1, 0.15) is 44.9 Å². The second kappa shape index (κ2) is 7.58. The number of nitrogens with one attached hydrogen (secondary N) is 1. The molecular weight excluding hydrogens is 366 g/mol. The third-order valence-corrected chi connectivity index (χ3v) is 7.49. The van der Waals surface area contributed by atoms with Crippen LogP contribution in [0.5, 0.6) is 0 Å². The van der Waals surface area contributed by atoms with Gasteiger partial charge < -0.3 is 15.1 Å². The van der Waals surface area contributed by atoms with Crippen molar-refractivity contribution < 1.29 is 9.59 Å². The summed E-state index contributed by atoms with van der Waals surface area (Å²) in [6.45, 7) is 3.62. The van der Waals surface area contributed by atoms with Crippen molar-refractivity contribution >= 4 is 17.8 Å². The van der Waals surface area contributed by atoms with E-state index in [0.717, 1.165) is 45.3 Å². The Morgan fingerprint density at radius 1 is 1.10 bits per heavy atom. The molecule has 2 aliphatic heterocycles. The minimum absolute atomic E-state index is 0.122. The van der Waals surface area contributed by atoms with E-state index in [1.54, 1.807) is 12.4 Å². The van der Waals surface area contributed by atoms with Crippen molar-refractivity contribution in [1.29, 1.82) is 0 Å². The van der Waals surface area contributed by atoms with Crippen LogP contribution in [0.2, 0.25) is 0 Å². The number of fused-ring (bicyclic) bond motifs is 1. The second-order valence-corrected chi connectivity index (χ2v) is 9.45. The van der Waals surface area contributed by atoms with Crippen molar-refractivity contribution in [3.63, 3.8) is 0 Å². The fourth-order valence-electron chi connectivity index (χ4n) is 5.26. The largest absolute Gasteiger partial charge is 0.355 e. The zero-order chi connectivity index (χ0) is 19.8. The highest BCUT2D eigenvalue weighted by Gasteiger charge is 2.54. The number of amides is 2. The van der Waals surface area contributed by atoms with Crippen molar-refractivity contribution in [3.05, 3.63) is 18.5 Å². The van der Waals surface area contributed by atoms with Crippen LogP contribution in [0.25, 0.3) is 0 Å². The van der Waals surface area contributed by atoms with Crippen LogP contribution in [0.3, 0.4) is 0 Å². The molecule has 156 valence electrons. The molecule has 7 nitrogen and oxygen atoms in total. The number of hydrogen-bond acceptors (Lipinski definition) is 5. The third-order valence-electron chi connectivity index (χ3n) is 7.49. The van der Waals surface area contributed by atoms with E-state index in [2.05, 4.69) is 25.1 Å². The zero-order valence-corrected chi connectivity index (χ0v) is 17.1. The SMILES string of the molecule is O=C(C1CCC1)N1CCC[C@]2(C(=O)NCC3CC3)CN(c3ncccn3)C[C@@H]2C1. The van der Waals surface area contributed by atoms with Crippen molar-refractivity contribution in [3.8, 4) is 0 Å². The van der Waals surface area contributed by atoms with Gasteiger partial charge in [0.2, 0.25) is 17.8 Å². The molecule has 1 N–H and O–H groups in total. The first-order valence-corrected chi connectivity index (χ1v) is 11.2. The smallest absolute Gasteiger partial charge is 0.228 e. The Labute approximate surface area is 172 Å². The molecule has 7 heteroatoms. The molecule has 1 aromatic heterocycles. The lowest BCUT2D eigenvalue weighted by Crippen LogP contribution is -2.49. The minimum atomic E-state index is -0.456. The Bertz CT molecular complexity index is 764. The average Bonchev–Trinajstić information content (AvgIpc) is 3.48. The molecule has 0 bridgehead atoms. The van der Waals surface area contributed by atoms with E-state index in [1.807, 2.05) is 6.07 Å². The van der Waals surface area contributed by atoms with Gasteiger partial charge in [-0.3, -0.25) is 9.59 Å². The van der Waals surface area contributed by atoms with E-state index in [1.165, 1.54) is 19.3 Å². The van der Waals surface area contributed by atoms with E-state index in [9.17, 15) is 9.59 Å². The Morgan fingerprint density at radius 2 is 1.90 bits per heavy atom. The Hall–Kier alpha value is -2.18. The summed E-state index contributed by atoms with van der Waals surface area (Å²) in [6.07, 6.45) is 10.9. The minimum Gasteiger partial charge on any atom is -0.355 e. The summed E-state index contributed by atoms with van der Waals surface area (Å²) in [5.41, 5.74) is -0.456. The topological polar surface area (TPSA) is 78.4 Å². The molecule has 4 aliphatic rings. The van der Waals surface area contributed by atoms with Gasteiger partial charge in [0.15, 0.2) is 0 Å². The van der Waals surface area contributed by atoms with Crippen LogP contribution in [-0.2, 0) is 9.59 Å². The molecule has 2 amide bonds. The standard InChI is InChI=1S/C22H31N5O2/c28-19(17-4-1-5-17)26-11-2-8-22(20(29)25-12-16-6-7-16)15-27(14-18(22)13-26)21-23-9-3-10-24-21/h3,9-10,16-18H,1-2,4-8,11-15H2,(H,25,29)/t18-,22-/m0/s1. The van der Waals surface area contributed by atoms with Gasteiger partial charge in [0.1, 0.15) is 0 Å². The highest BCUT2D eigenvalue weighted by molar-refractivity contribution is 5.85. The maximum Gasteiger partial charge on any atom is 0.228 e. The van der Waals surface area contributed by atoms with Gasteiger partial charge in [-0.2, -0.15) is 0 Å². The molecule has 2 atom stereocenters. The van der Waals surface area contributed by atoms with Crippen molar-refractivity contribution in [1.82, 2.24) is 20.2 Å². The Balaban J connectivity index is 1.38. The molecule has 0 spiro atoms. The molecule has 2 saturated carbocycles. The molecule has 0 radical (unpaired) electrons. The van der Waals surface area contributed by atoms with E-state index >= 15 is 0 Å². The fourth-order valence-corrected chi connectivity index (χ4v) is 5.26. The van der Waals surface area contributed by atoms with Crippen LogP contribution in [0.4, 0.5) is 5.95 Å². The Morgan fingerprint density at radius 3 is 2.59 bits per heavy atom. The molecule has 0 aromatic carbocycles. The van der Waals surface area contributed by atoms with Crippen molar-refractivity contribution in [2.75, 3.05) is 37.6 Å². The van der Waals surface area contributed by atoms with Gasteiger partial charge in [0.25, 0.3) is 0 Å². The molecule has 2 aliphatic carbocycles. The molecule has 2 saturated heterocycles. The summed E-state index contributed by atoms with van der Waals surface area (Å²) in [4.78, 5) is 39.5. The summed E-state index contributed by atoms with van der Waals surface area (Å²) in [6, 6.07) is 1.81. The first kappa shape index (κ1) is 18.8. The molecule has 1 aromatic rings. The number of carbonyl (C=O) groups excluding carboxylic acids is 2. The first-order chi connectivity index (χ1) is 14.2. The fraction of sp³-hybridized carbons (Fsp3) is 0.727. The maximum atomic E-state index is 13.5. The number of carbonyl (C=O) groups is 2. The predicted octanol–water partition coefficient (Wildman–Crippen LogP) is 1.85. The third kappa shape index (κ3) is 3.60. The average molecular weight is 398 g/mol. The maximum absolute atomic E-state index is 13.5. The highest BCUT2D eigenvalue weighted by Crippen LogP contribution is 2.44. The van der Waals surface area contributed by atoms with Gasteiger partial charge in [-0.05, 0) is 50.5 Å². The first-order valence-electron chi connectivity index (χ1n) is 11.2. The lowest BCUT2D eigenvalue weighted by molar-refractivity contribution is -0.140. The van der Waals surface area contributed by atoms with Crippen LogP contribution in [0.15, 0.2) is 18.5 Å². The number of hydrogen-bond donors (Lipinski definition) is 1. The summed E-state index contributed by atoms with van der Waals surface area (Å²) < 4.78 is 0. The van der Waals surface area contributed by atoms with Gasteiger partial charge in [-0.15, -0.1) is 0 Å². The number of anilines is 1. The van der Waals surface area contributed by atoms with E-state index in [4.69, 9.17) is 0 Å². The number of aromatic nitrogens is 2. The normalized spacial score (nSPS) is 29.7. The Kier molecular flexibility index (Phi) is 4.92. The van der Waals surface area contributed by atoms with Crippen LogP contribution < -0.4 is 10.2 Å². The van der Waals surface area contributed by atoms with Gasteiger partial charge in [-0.25, -0.2) is 9.97 Å². The van der Waals surface area contributed by atoms with Gasteiger partial charge >= 0.3 is 0 Å². The van der Waals surface area contributed by atoms with E-state index in [-0.39, 0.29) is 17.7 Å². The monoisotopic (exact) mass is 397 g/mol. The number of likely N-dealkylation sites (tertiary alicyclic amines) is 1. The molecular formula is C22H31N5O2. The van der Waals surface area contributed by atoms with Crippen LogP contribution >= 0.6 is 0 Å². The van der Waals surface area contributed by atoms with Crippen LogP contribution in [-0.4, -0.2) is 59.4 Å². The summed E-state index contributed by atoms with van der Waals surface area (Å²) >= 11 is 0. The van der Waals surface area contributed by atoms with Gasteiger partial charge in [-0.1, -0.05) is 6.42 Å². The van der Waals surface area contributed by atoms with Gasteiger partial charge in [0.05, 0.1) is 5.41 Å². The quantitative estimate of drug-likeness (QED) is 0.820. The number of nitrogens with zero attached hydrogens (tertiary/aromatic N) is 4. The van der Waals surface area contributed by atoms with Gasteiger partial charge in [0, 0.05) is 57.0 Å². The van der Waals surface area contributed by atoms with E-state index < -0.39 is 5.41 Å². The predicted molar refractivity (Wildman–Crippen MR) is 109 cm³/mol. The lowest BCUT2D eigenvalue weighted by atomic mass is 9.74. The van der Waals surface area contributed by atoms with Crippen molar-refractivity contribution in [2.24, 2.45) is 23.2 Å². The second-order valence-electron chi connectivity index (χ2n) is 9.45. The molecule has 29 heavy (non-hydrogen) atoms. The molecule has 0 unspecified atom stereocenters.